The molecule has 0 aliphatic carbocycles. The molecule has 0 radical (unpaired) electrons. The van der Waals surface area contributed by atoms with E-state index in [0.717, 1.165) is 30.0 Å². The van der Waals surface area contributed by atoms with Crippen molar-refractivity contribution < 1.29 is 14.2 Å². The van der Waals surface area contributed by atoms with Gasteiger partial charge < -0.3 is 19.5 Å². The van der Waals surface area contributed by atoms with Crippen LogP contribution >= 0.6 is 0 Å². The number of ether oxygens (including phenoxy) is 3. The van der Waals surface area contributed by atoms with Crippen LogP contribution in [0.25, 0.3) is 0 Å². The average molecular weight is 283 g/mol. The summed E-state index contributed by atoms with van der Waals surface area (Å²) in [5, 5.41) is 3.07. The first-order valence-corrected chi connectivity index (χ1v) is 6.97. The minimum Gasteiger partial charge on any atom is -0.477 e. The summed E-state index contributed by atoms with van der Waals surface area (Å²) in [6.07, 6.45) is 1.61. The Morgan fingerprint density at radius 2 is 1.90 bits per heavy atom. The van der Waals surface area contributed by atoms with Crippen molar-refractivity contribution in [2.24, 2.45) is 0 Å². The van der Waals surface area contributed by atoms with Crippen molar-refractivity contribution in [2.45, 2.75) is 26.7 Å². The van der Waals surface area contributed by atoms with Gasteiger partial charge in [0.2, 0.25) is 5.88 Å². The van der Waals surface area contributed by atoms with E-state index in [1.165, 1.54) is 0 Å². The molecule has 0 unspecified atom stereocenters. The third-order valence-corrected chi connectivity index (χ3v) is 2.80. The zero-order valence-electron chi connectivity index (χ0n) is 12.9. The lowest BCUT2D eigenvalue weighted by atomic mass is 10.3. The highest BCUT2D eigenvalue weighted by molar-refractivity contribution is 5.48. The van der Waals surface area contributed by atoms with E-state index in [4.69, 9.17) is 14.2 Å². The van der Waals surface area contributed by atoms with E-state index < -0.39 is 0 Å². The molecule has 1 heterocycles. The Bertz CT molecular complexity index is 399. The quantitative estimate of drug-likeness (QED) is 0.661. The predicted molar refractivity (Wildman–Crippen MR) is 78.5 cm³/mol. The maximum absolute atomic E-state index is 5.73. The summed E-state index contributed by atoms with van der Waals surface area (Å²) in [7, 11) is 3.51. The Hall–Kier alpha value is -1.40. The maximum Gasteiger partial charge on any atom is 0.221 e. The number of methoxy groups -OCH3 is 1. The molecule has 0 spiro atoms. The fraction of sp³-hybridized carbons (Fsp3) is 0.714. The fourth-order valence-corrected chi connectivity index (χ4v) is 1.66. The molecule has 1 aromatic heterocycles. The summed E-state index contributed by atoms with van der Waals surface area (Å²) in [5.41, 5.74) is 0.935. The smallest absolute Gasteiger partial charge is 0.221 e. The highest BCUT2D eigenvalue weighted by atomic mass is 16.5. The topological polar surface area (TPSA) is 65.5 Å². The summed E-state index contributed by atoms with van der Waals surface area (Å²) in [5.74, 6) is 2.26. The summed E-state index contributed by atoms with van der Waals surface area (Å²) in [6, 6.07) is 0. The van der Waals surface area contributed by atoms with Gasteiger partial charge in [0, 0.05) is 33.6 Å². The zero-order valence-corrected chi connectivity index (χ0v) is 12.9. The summed E-state index contributed by atoms with van der Waals surface area (Å²) >= 11 is 0. The molecule has 0 aromatic carbocycles. The van der Waals surface area contributed by atoms with Gasteiger partial charge in [0.15, 0.2) is 0 Å². The lowest BCUT2D eigenvalue weighted by Gasteiger charge is -2.12. The number of aromatic nitrogens is 2. The molecule has 1 N–H and O–H groups in total. The van der Waals surface area contributed by atoms with Crippen molar-refractivity contribution in [2.75, 3.05) is 45.9 Å². The Labute approximate surface area is 120 Å². The van der Waals surface area contributed by atoms with Crippen molar-refractivity contribution in [3.8, 4) is 5.88 Å². The number of aryl methyl sites for hydroxylation is 1. The van der Waals surface area contributed by atoms with Crippen LogP contribution in [-0.2, 0) is 15.9 Å². The van der Waals surface area contributed by atoms with Crippen LogP contribution < -0.4 is 10.1 Å². The Morgan fingerprint density at radius 3 is 2.55 bits per heavy atom. The molecule has 20 heavy (non-hydrogen) atoms. The Balaban J connectivity index is 2.43. The van der Waals surface area contributed by atoms with Crippen LogP contribution in [0.2, 0.25) is 0 Å². The number of nitrogens with zero attached hydrogens (tertiary/aromatic N) is 2. The molecule has 6 heteroatoms. The van der Waals surface area contributed by atoms with Crippen LogP contribution in [-0.4, -0.2) is 50.6 Å². The minimum atomic E-state index is 0.581. The third kappa shape index (κ3) is 5.30. The third-order valence-electron chi connectivity index (χ3n) is 2.80. The van der Waals surface area contributed by atoms with Gasteiger partial charge in [-0.05, 0) is 6.92 Å². The normalized spacial score (nSPS) is 10.6. The molecule has 0 aliphatic rings. The fourth-order valence-electron chi connectivity index (χ4n) is 1.66. The van der Waals surface area contributed by atoms with E-state index in [0.29, 0.717) is 32.3 Å². The van der Waals surface area contributed by atoms with Gasteiger partial charge in [-0.15, -0.1) is 0 Å². The van der Waals surface area contributed by atoms with Crippen LogP contribution in [0, 0.1) is 6.92 Å². The highest BCUT2D eigenvalue weighted by Crippen LogP contribution is 2.21. The van der Waals surface area contributed by atoms with Gasteiger partial charge >= 0.3 is 0 Å². The molecule has 0 saturated heterocycles. The van der Waals surface area contributed by atoms with E-state index in [2.05, 4.69) is 15.3 Å². The molecule has 0 aliphatic heterocycles. The molecular weight excluding hydrogens is 258 g/mol. The van der Waals surface area contributed by atoms with Crippen molar-refractivity contribution in [3.05, 3.63) is 11.4 Å². The monoisotopic (exact) mass is 283 g/mol. The van der Waals surface area contributed by atoms with Crippen LogP contribution in [0.15, 0.2) is 0 Å². The predicted octanol–water partition coefficient (Wildman–Crippen LogP) is 1.82. The van der Waals surface area contributed by atoms with Crippen molar-refractivity contribution in [1.82, 2.24) is 9.97 Å². The number of nitrogens with one attached hydrogen (secondary N) is 1. The highest BCUT2D eigenvalue weighted by Gasteiger charge is 2.10. The van der Waals surface area contributed by atoms with Gasteiger partial charge in [-0.3, -0.25) is 0 Å². The van der Waals surface area contributed by atoms with E-state index in [9.17, 15) is 0 Å². The molecule has 0 amide bonds. The van der Waals surface area contributed by atoms with Crippen LogP contribution in [0.4, 0.5) is 5.82 Å². The molecule has 1 aromatic rings. The zero-order chi connectivity index (χ0) is 14.8. The first-order chi connectivity index (χ1) is 9.72. The molecule has 0 bridgehead atoms. The van der Waals surface area contributed by atoms with Gasteiger partial charge in [0.25, 0.3) is 0 Å². The lowest BCUT2D eigenvalue weighted by Crippen LogP contribution is -2.10. The summed E-state index contributed by atoms with van der Waals surface area (Å²) in [6.45, 7) is 6.46. The van der Waals surface area contributed by atoms with Crippen LogP contribution in [0.1, 0.15) is 24.7 Å². The van der Waals surface area contributed by atoms with Crippen LogP contribution in [0.5, 0.6) is 5.88 Å². The molecule has 0 fully saturated rings. The largest absolute Gasteiger partial charge is 0.477 e. The van der Waals surface area contributed by atoms with Gasteiger partial charge in [-0.2, -0.15) is 4.98 Å². The van der Waals surface area contributed by atoms with Crippen LogP contribution in [0.3, 0.4) is 0 Å². The first-order valence-electron chi connectivity index (χ1n) is 6.97. The van der Waals surface area contributed by atoms with Crippen molar-refractivity contribution in [3.63, 3.8) is 0 Å². The molecule has 0 saturated carbocycles. The van der Waals surface area contributed by atoms with Gasteiger partial charge in [-0.25, -0.2) is 4.98 Å². The lowest BCUT2D eigenvalue weighted by molar-refractivity contribution is 0.0641. The number of anilines is 1. The van der Waals surface area contributed by atoms with Gasteiger partial charge in [0.1, 0.15) is 11.6 Å². The van der Waals surface area contributed by atoms with Gasteiger partial charge in [0.05, 0.1) is 25.4 Å². The number of hydrogen-bond acceptors (Lipinski definition) is 6. The second-order valence-electron chi connectivity index (χ2n) is 4.33. The average Bonchev–Trinajstić information content (AvgIpc) is 2.47. The SMILES string of the molecule is CCc1nc(NC)c(C)c(OCCCOCCOC)n1. The van der Waals surface area contributed by atoms with E-state index >= 15 is 0 Å². The van der Waals surface area contributed by atoms with E-state index in [1.807, 2.05) is 20.9 Å². The maximum atomic E-state index is 5.73. The van der Waals surface area contributed by atoms with E-state index in [-0.39, 0.29) is 0 Å². The molecule has 114 valence electrons. The molecule has 0 atom stereocenters. The second kappa shape index (κ2) is 9.50. The second-order valence-corrected chi connectivity index (χ2v) is 4.33. The standard InChI is InChI=1S/C14H25N3O3/c1-5-12-16-13(15-3)11(2)14(17-12)20-8-6-7-19-10-9-18-4/h5-10H2,1-4H3,(H,15,16,17). The number of rotatable bonds is 10. The molecular formula is C14H25N3O3. The van der Waals surface area contributed by atoms with Crippen molar-refractivity contribution >= 4 is 5.82 Å². The summed E-state index contributed by atoms with van der Waals surface area (Å²) in [4.78, 5) is 8.82. The van der Waals surface area contributed by atoms with E-state index in [1.54, 1.807) is 7.11 Å². The molecule has 6 nitrogen and oxygen atoms in total. The van der Waals surface area contributed by atoms with Gasteiger partial charge in [-0.1, -0.05) is 6.92 Å². The first kappa shape index (κ1) is 16.7. The number of hydrogen-bond donors (Lipinski definition) is 1. The Kier molecular flexibility index (Phi) is 7.91. The summed E-state index contributed by atoms with van der Waals surface area (Å²) < 4.78 is 16.0. The minimum absolute atomic E-state index is 0.581. The molecule has 1 rings (SSSR count). The van der Waals surface area contributed by atoms with Crippen molar-refractivity contribution in [1.29, 1.82) is 0 Å². The Morgan fingerprint density at radius 1 is 1.10 bits per heavy atom.